The Morgan fingerprint density at radius 1 is 1.53 bits per heavy atom. The van der Waals surface area contributed by atoms with Gasteiger partial charge in [-0.3, -0.25) is 4.79 Å². The number of nitrogens with one attached hydrogen (secondary N) is 1. The van der Waals surface area contributed by atoms with Crippen LogP contribution >= 0.6 is 11.3 Å². The monoisotopic (exact) mass is 221 g/mol. The molecule has 0 aromatic carbocycles. The molecule has 78 valence electrons. The van der Waals surface area contributed by atoms with E-state index in [-0.39, 0.29) is 5.91 Å². The Morgan fingerprint density at radius 2 is 2.40 bits per heavy atom. The second-order valence-electron chi connectivity index (χ2n) is 3.22. The molecule has 0 saturated carbocycles. The van der Waals surface area contributed by atoms with E-state index >= 15 is 0 Å². The van der Waals surface area contributed by atoms with Crippen LogP contribution in [0.15, 0.2) is 34.5 Å². The average Bonchev–Trinajstić information content (AvgIpc) is 2.85. The Kier molecular flexibility index (Phi) is 2.87. The predicted octanol–water partition coefficient (Wildman–Crippen LogP) is 2.64. The second kappa shape index (κ2) is 4.31. The van der Waals surface area contributed by atoms with Crippen LogP contribution in [-0.4, -0.2) is 5.91 Å². The molecule has 2 heterocycles. The molecule has 2 rings (SSSR count). The zero-order chi connectivity index (χ0) is 10.7. The third-order valence-electron chi connectivity index (χ3n) is 2.02. The Morgan fingerprint density at radius 3 is 3.07 bits per heavy atom. The average molecular weight is 221 g/mol. The van der Waals surface area contributed by atoms with Crippen molar-refractivity contribution >= 4 is 17.2 Å². The predicted molar refractivity (Wildman–Crippen MR) is 59.5 cm³/mol. The van der Waals surface area contributed by atoms with E-state index in [1.54, 1.807) is 23.9 Å². The molecule has 0 unspecified atom stereocenters. The van der Waals surface area contributed by atoms with Gasteiger partial charge in [0.05, 0.1) is 19.1 Å². The van der Waals surface area contributed by atoms with E-state index in [4.69, 9.17) is 4.42 Å². The van der Waals surface area contributed by atoms with Crippen LogP contribution in [0.2, 0.25) is 0 Å². The van der Waals surface area contributed by atoms with Crippen LogP contribution in [0, 0.1) is 0 Å². The summed E-state index contributed by atoms with van der Waals surface area (Å²) in [6, 6.07) is 3.98. The maximum atomic E-state index is 10.7. The first kappa shape index (κ1) is 9.98. The summed E-state index contributed by atoms with van der Waals surface area (Å²) in [7, 11) is 0. The molecular weight excluding hydrogens is 210 g/mol. The summed E-state index contributed by atoms with van der Waals surface area (Å²) in [4.78, 5) is 11.9. The third kappa shape index (κ3) is 2.47. The van der Waals surface area contributed by atoms with E-state index in [0.29, 0.717) is 6.54 Å². The van der Waals surface area contributed by atoms with Gasteiger partial charge in [0, 0.05) is 17.4 Å². The molecule has 1 amide bonds. The summed E-state index contributed by atoms with van der Waals surface area (Å²) in [5, 5.41) is 4.83. The summed E-state index contributed by atoms with van der Waals surface area (Å²) >= 11 is 1.63. The van der Waals surface area contributed by atoms with Crippen LogP contribution in [0.1, 0.15) is 11.8 Å². The number of amides is 1. The first-order chi connectivity index (χ1) is 7.25. The summed E-state index contributed by atoms with van der Waals surface area (Å²) < 4.78 is 5.01. The minimum Gasteiger partial charge on any atom is -0.472 e. The van der Waals surface area contributed by atoms with E-state index in [0.717, 1.165) is 16.0 Å². The number of carbonyl (C=O) groups is 1. The van der Waals surface area contributed by atoms with Gasteiger partial charge in [-0.2, -0.15) is 0 Å². The number of furan rings is 1. The molecule has 0 aliphatic rings. The van der Waals surface area contributed by atoms with Crippen LogP contribution in [0.3, 0.4) is 0 Å². The Hall–Kier alpha value is -1.55. The molecule has 0 atom stereocenters. The lowest BCUT2D eigenvalue weighted by atomic mass is 10.2. The standard InChI is InChI=1S/C11H11NO2S/c1-8(13)12-5-11-4-10(7-15-11)9-2-3-14-6-9/h2-4,6-7H,5H2,1H3,(H,12,13). The normalized spacial score (nSPS) is 10.2. The number of rotatable bonds is 3. The minimum absolute atomic E-state index is 0.00624. The zero-order valence-electron chi connectivity index (χ0n) is 8.32. The van der Waals surface area contributed by atoms with Crippen molar-refractivity contribution in [1.82, 2.24) is 5.32 Å². The topological polar surface area (TPSA) is 42.2 Å². The molecule has 0 radical (unpaired) electrons. The summed E-state index contributed by atoms with van der Waals surface area (Å²) in [5.74, 6) is -0.00624. The number of thiophene rings is 1. The first-order valence-corrected chi connectivity index (χ1v) is 5.48. The SMILES string of the molecule is CC(=O)NCc1cc(-c2ccoc2)cs1. The maximum Gasteiger partial charge on any atom is 0.217 e. The van der Waals surface area contributed by atoms with Crippen LogP contribution < -0.4 is 5.32 Å². The van der Waals surface area contributed by atoms with E-state index < -0.39 is 0 Å². The van der Waals surface area contributed by atoms with Gasteiger partial charge in [-0.25, -0.2) is 0 Å². The fourth-order valence-electron chi connectivity index (χ4n) is 1.27. The lowest BCUT2D eigenvalue weighted by Crippen LogP contribution is -2.18. The molecule has 2 aromatic heterocycles. The number of hydrogen-bond acceptors (Lipinski definition) is 3. The maximum absolute atomic E-state index is 10.7. The van der Waals surface area contributed by atoms with Gasteiger partial charge >= 0.3 is 0 Å². The van der Waals surface area contributed by atoms with Gasteiger partial charge < -0.3 is 9.73 Å². The quantitative estimate of drug-likeness (QED) is 0.865. The summed E-state index contributed by atoms with van der Waals surface area (Å²) in [6.45, 7) is 2.11. The zero-order valence-corrected chi connectivity index (χ0v) is 9.14. The second-order valence-corrected chi connectivity index (χ2v) is 4.22. The van der Waals surface area contributed by atoms with Gasteiger partial charge in [0.15, 0.2) is 0 Å². The highest BCUT2D eigenvalue weighted by molar-refractivity contribution is 7.10. The minimum atomic E-state index is -0.00624. The van der Waals surface area contributed by atoms with Gasteiger partial charge in [0.25, 0.3) is 0 Å². The molecule has 0 aliphatic carbocycles. The van der Waals surface area contributed by atoms with E-state index in [1.165, 1.54) is 6.92 Å². The summed E-state index contributed by atoms with van der Waals surface area (Å²) in [5.41, 5.74) is 2.20. The molecule has 0 bridgehead atoms. The molecule has 0 spiro atoms. The molecule has 0 fully saturated rings. The number of carbonyl (C=O) groups excluding carboxylic acids is 1. The Bertz CT molecular complexity index is 445. The van der Waals surface area contributed by atoms with Gasteiger partial charge in [-0.1, -0.05) is 0 Å². The molecule has 15 heavy (non-hydrogen) atoms. The van der Waals surface area contributed by atoms with Crippen LogP contribution in [0.25, 0.3) is 11.1 Å². The van der Waals surface area contributed by atoms with E-state index in [9.17, 15) is 4.79 Å². The van der Waals surface area contributed by atoms with Crippen molar-refractivity contribution in [1.29, 1.82) is 0 Å². The highest BCUT2D eigenvalue weighted by Gasteiger charge is 2.03. The van der Waals surface area contributed by atoms with Crippen molar-refractivity contribution in [2.75, 3.05) is 0 Å². The van der Waals surface area contributed by atoms with Crippen molar-refractivity contribution in [3.63, 3.8) is 0 Å². The van der Waals surface area contributed by atoms with Crippen molar-refractivity contribution in [2.24, 2.45) is 0 Å². The van der Waals surface area contributed by atoms with Crippen molar-refractivity contribution in [3.05, 3.63) is 34.9 Å². The fraction of sp³-hybridized carbons (Fsp3) is 0.182. The van der Waals surface area contributed by atoms with Crippen LogP contribution in [0.4, 0.5) is 0 Å². The number of hydrogen-bond donors (Lipinski definition) is 1. The lowest BCUT2D eigenvalue weighted by molar-refractivity contribution is -0.119. The van der Waals surface area contributed by atoms with Crippen molar-refractivity contribution < 1.29 is 9.21 Å². The third-order valence-corrected chi connectivity index (χ3v) is 2.96. The largest absolute Gasteiger partial charge is 0.472 e. The fourth-order valence-corrected chi connectivity index (χ4v) is 2.10. The van der Waals surface area contributed by atoms with Crippen molar-refractivity contribution in [2.45, 2.75) is 13.5 Å². The molecule has 0 aliphatic heterocycles. The Labute approximate surface area is 91.7 Å². The molecule has 2 aromatic rings. The van der Waals surface area contributed by atoms with E-state index in [1.807, 2.05) is 6.07 Å². The lowest BCUT2D eigenvalue weighted by Gasteiger charge is -1.96. The first-order valence-electron chi connectivity index (χ1n) is 4.60. The van der Waals surface area contributed by atoms with Gasteiger partial charge in [0.1, 0.15) is 0 Å². The molecule has 4 heteroatoms. The highest BCUT2D eigenvalue weighted by Crippen LogP contribution is 2.25. The van der Waals surface area contributed by atoms with Gasteiger partial charge in [-0.05, 0) is 23.1 Å². The molecule has 1 N–H and O–H groups in total. The molecule has 0 saturated heterocycles. The summed E-state index contributed by atoms with van der Waals surface area (Å²) in [6.07, 6.45) is 3.37. The molecule has 3 nitrogen and oxygen atoms in total. The highest BCUT2D eigenvalue weighted by atomic mass is 32.1. The Balaban J connectivity index is 2.08. The van der Waals surface area contributed by atoms with Crippen LogP contribution in [0.5, 0.6) is 0 Å². The van der Waals surface area contributed by atoms with Crippen LogP contribution in [-0.2, 0) is 11.3 Å². The van der Waals surface area contributed by atoms with E-state index in [2.05, 4.69) is 16.8 Å². The van der Waals surface area contributed by atoms with Gasteiger partial charge in [0.2, 0.25) is 5.91 Å². The smallest absolute Gasteiger partial charge is 0.217 e. The van der Waals surface area contributed by atoms with Crippen molar-refractivity contribution in [3.8, 4) is 11.1 Å². The van der Waals surface area contributed by atoms with Gasteiger partial charge in [-0.15, -0.1) is 11.3 Å². The molecular formula is C11H11NO2S.